The van der Waals surface area contributed by atoms with Crippen molar-refractivity contribution >= 4 is 5.97 Å². The molecule has 156 valence electrons. The highest BCUT2D eigenvalue weighted by Crippen LogP contribution is 2.12. The Labute approximate surface area is 165 Å². The minimum absolute atomic E-state index is 0.846. The maximum Gasteiger partial charge on any atom is 0.342 e. The fourth-order valence-corrected chi connectivity index (χ4v) is 2.81. The van der Waals surface area contributed by atoms with E-state index < -0.39 is 18.2 Å². The van der Waals surface area contributed by atoms with Gasteiger partial charge in [-0.25, -0.2) is 4.79 Å². The molecular weight excluding hydrogens is 340 g/mol. The molecule has 1 atom stereocenters. The summed E-state index contributed by atoms with van der Waals surface area (Å²) in [6.45, 7) is 1.41. The first-order valence-corrected chi connectivity index (χ1v) is 10.6. The Balaban J connectivity index is 3.51. The number of carboxylic acids is 1. The molecule has 3 N–H and O–H groups in total. The molecule has 0 radical (unpaired) electrons. The summed E-state index contributed by atoms with van der Waals surface area (Å²) in [5.74, 6) is -1.46. The van der Waals surface area contributed by atoms with E-state index in [4.69, 9.17) is 10.2 Å². The third kappa shape index (κ3) is 15.4. The molecule has 0 bridgehead atoms. The van der Waals surface area contributed by atoms with Gasteiger partial charge in [0, 0.05) is 0 Å². The smallest absolute Gasteiger partial charge is 0.342 e. The van der Waals surface area contributed by atoms with E-state index in [9.17, 15) is 9.90 Å². The fraction of sp³-hybridized carbons (Fsp3) is 0.696. The van der Waals surface area contributed by atoms with Crippen molar-refractivity contribution in [3.05, 3.63) is 36.5 Å². The van der Waals surface area contributed by atoms with Crippen LogP contribution >= 0.6 is 0 Å². The summed E-state index contributed by atoms with van der Waals surface area (Å²) in [4.78, 5) is 10.8. The zero-order valence-corrected chi connectivity index (χ0v) is 17.1. The molecule has 0 aliphatic heterocycles. The van der Waals surface area contributed by atoms with E-state index in [0.717, 1.165) is 12.5 Å². The molecular formula is C23H40O4. The number of allylic oxidation sites excluding steroid dienone is 5. The van der Waals surface area contributed by atoms with Crippen molar-refractivity contribution in [3.8, 4) is 0 Å². The summed E-state index contributed by atoms with van der Waals surface area (Å²) in [5, 5.41) is 27.2. The number of rotatable bonds is 18. The first-order valence-electron chi connectivity index (χ1n) is 10.6. The molecule has 0 fully saturated rings. The van der Waals surface area contributed by atoms with Crippen molar-refractivity contribution in [2.75, 3.05) is 6.61 Å². The van der Waals surface area contributed by atoms with Crippen LogP contribution in [-0.4, -0.2) is 33.5 Å². The lowest BCUT2D eigenvalue weighted by molar-refractivity contribution is -0.156. The Morgan fingerprint density at radius 3 is 1.74 bits per heavy atom. The predicted octanol–water partition coefficient (Wildman–Crippen LogP) is 5.55. The van der Waals surface area contributed by atoms with Gasteiger partial charge in [-0.3, -0.25) is 0 Å². The average Bonchev–Trinajstić information content (AvgIpc) is 2.66. The molecule has 0 aromatic heterocycles. The minimum atomic E-state index is -2.21. The Kier molecular flexibility index (Phi) is 17.1. The van der Waals surface area contributed by atoms with Gasteiger partial charge in [-0.15, -0.1) is 0 Å². The second-order valence-electron chi connectivity index (χ2n) is 7.24. The average molecular weight is 381 g/mol. The van der Waals surface area contributed by atoms with Gasteiger partial charge in [0.05, 0.1) is 6.61 Å². The standard InChI is InChI=1S/C23H40O4/c1-2-3-4-5-6-7-8-9-10-11-12-13-14-15-16-17-18-19-20-23(27,21-24)22(25)26/h15-20,24,27H,2-14,21H2,1H3,(H,25,26)/b16-15+,18-17+,20-19+. The van der Waals surface area contributed by atoms with E-state index in [2.05, 4.69) is 13.0 Å². The SMILES string of the molecule is CCCCCCCCCCCCCC/C=C/C=C/C=C/C(O)(CO)C(=O)O. The lowest BCUT2D eigenvalue weighted by Gasteiger charge is -2.14. The molecule has 4 heteroatoms. The van der Waals surface area contributed by atoms with Gasteiger partial charge in [0.1, 0.15) is 0 Å². The summed E-state index contributed by atoms with van der Waals surface area (Å²) >= 11 is 0. The summed E-state index contributed by atoms with van der Waals surface area (Å²) in [6, 6.07) is 0. The number of aliphatic hydroxyl groups excluding tert-OH is 1. The maximum absolute atomic E-state index is 10.8. The zero-order chi connectivity index (χ0) is 20.2. The monoisotopic (exact) mass is 380 g/mol. The van der Waals surface area contributed by atoms with E-state index in [1.807, 2.05) is 6.08 Å². The number of carboxylic acid groups (broad SMARTS) is 1. The van der Waals surface area contributed by atoms with Crippen LogP contribution in [0.25, 0.3) is 0 Å². The van der Waals surface area contributed by atoms with Crippen molar-refractivity contribution in [1.29, 1.82) is 0 Å². The molecule has 0 aromatic rings. The van der Waals surface area contributed by atoms with Gasteiger partial charge < -0.3 is 15.3 Å². The topological polar surface area (TPSA) is 77.8 Å². The highest BCUT2D eigenvalue weighted by Gasteiger charge is 2.31. The molecule has 1 unspecified atom stereocenters. The van der Waals surface area contributed by atoms with Crippen LogP contribution in [0.1, 0.15) is 90.4 Å². The van der Waals surface area contributed by atoms with Gasteiger partial charge in [-0.1, -0.05) is 108 Å². The normalized spacial score (nSPS) is 14.5. The van der Waals surface area contributed by atoms with Gasteiger partial charge in [0.25, 0.3) is 0 Å². The largest absolute Gasteiger partial charge is 0.479 e. The first-order chi connectivity index (χ1) is 13.1. The summed E-state index contributed by atoms with van der Waals surface area (Å²) < 4.78 is 0. The Hall–Kier alpha value is -1.39. The lowest BCUT2D eigenvalue weighted by Crippen LogP contribution is -2.40. The highest BCUT2D eigenvalue weighted by atomic mass is 16.4. The number of hydrogen-bond acceptors (Lipinski definition) is 3. The molecule has 0 heterocycles. The minimum Gasteiger partial charge on any atom is -0.479 e. The van der Waals surface area contributed by atoms with E-state index >= 15 is 0 Å². The van der Waals surface area contributed by atoms with E-state index in [1.54, 1.807) is 12.2 Å². The maximum atomic E-state index is 10.8. The Morgan fingerprint density at radius 1 is 0.778 bits per heavy atom. The first kappa shape index (κ1) is 25.6. The Bertz CT molecular complexity index is 440. The second-order valence-corrected chi connectivity index (χ2v) is 7.24. The molecule has 27 heavy (non-hydrogen) atoms. The van der Waals surface area contributed by atoms with E-state index in [0.29, 0.717) is 0 Å². The second kappa shape index (κ2) is 18.0. The number of aliphatic carboxylic acids is 1. The number of aliphatic hydroxyl groups is 2. The number of unbranched alkanes of at least 4 members (excludes halogenated alkanes) is 12. The van der Waals surface area contributed by atoms with Crippen LogP contribution in [-0.2, 0) is 4.79 Å². The van der Waals surface area contributed by atoms with Gasteiger partial charge in [0.2, 0.25) is 5.60 Å². The molecule has 0 aromatic carbocycles. The molecule has 0 saturated heterocycles. The molecule has 0 saturated carbocycles. The number of hydrogen-bond donors (Lipinski definition) is 3. The summed E-state index contributed by atoms with van der Waals surface area (Å²) in [6.07, 6.45) is 27.2. The van der Waals surface area contributed by atoms with Gasteiger partial charge in [-0.05, 0) is 18.9 Å². The summed E-state index contributed by atoms with van der Waals surface area (Å²) in [7, 11) is 0. The van der Waals surface area contributed by atoms with Gasteiger partial charge in [-0.2, -0.15) is 0 Å². The van der Waals surface area contributed by atoms with Crippen molar-refractivity contribution in [3.63, 3.8) is 0 Å². The van der Waals surface area contributed by atoms with E-state index in [1.165, 1.54) is 83.1 Å². The number of carbonyl (C=O) groups is 1. The molecule has 0 aliphatic rings. The third-order valence-corrected chi connectivity index (χ3v) is 4.68. The lowest BCUT2D eigenvalue weighted by atomic mass is 10.0. The molecule has 0 rings (SSSR count). The van der Waals surface area contributed by atoms with Crippen LogP contribution in [0.15, 0.2) is 36.5 Å². The van der Waals surface area contributed by atoms with Crippen LogP contribution in [0.4, 0.5) is 0 Å². The Morgan fingerprint density at radius 2 is 1.26 bits per heavy atom. The molecule has 0 spiro atoms. The molecule has 0 amide bonds. The van der Waals surface area contributed by atoms with Crippen molar-refractivity contribution in [2.24, 2.45) is 0 Å². The zero-order valence-electron chi connectivity index (χ0n) is 17.1. The van der Waals surface area contributed by atoms with Crippen LogP contribution in [0.2, 0.25) is 0 Å². The predicted molar refractivity (Wildman–Crippen MR) is 113 cm³/mol. The molecule has 0 aliphatic carbocycles. The van der Waals surface area contributed by atoms with Crippen LogP contribution in [0.5, 0.6) is 0 Å². The highest BCUT2D eigenvalue weighted by molar-refractivity contribution is 5.79. The van der Waals surface area contributed by atoms with Crippen LogP contribution in [0, 0.1) is 0 Å². The van der Waals surface area contributed by atoms with Gasteiger partial charge in [0.15, 0.2) is 0 Å². The molecule has 4 nitrogen and oxygen atoms in total. The van der Waals surface area contributed by atoms with Crippen molar-refractivity contribution in [1.82, 2.24) is 0 Å². The van der Waals surface area contributed by atoms with Crippen molar-refractivity contribution in [2.45, 2.75) is 96.0 Å². The fourth-order valence-electron chi connectivity index (χ4n) is 2.81. The summed E-state index contributed by atoms with van der Waals surface area (Å²) in [5.41, 5.74) is -2.21. The third-order valence-electron chi connectivity index (χ3n) is 4.68. The van der Waals surface area contributed by atoms with Crippen LogP contribution in [0.3, 0.4) is 0 Å². The van der Waals surface area contributed by atoms with E-state index in [-0.39, 0.29) is 0 Å². The quantitative estimate of drug-likeness (QED) is 0.215. The van der Waals surface area contributed by atoms with Gasteiger partial charge >= 0.3 is 5.97 Å². The van der Waals surface area contributed by atoms with Crippen LogP contribution < -0.4 is 0 Å². The van der Waals surface area contributed by atoms with Crippen molar-refractivity contribution < 1.29 is 20.1 Å².